The van der Waals surface area contributed by atoms with Gasteiger partial charge in [-0.3, -0.25) is 0 Å². The molecule has 1 aromatic rings. The maximum Gasteiger partial charge on any atom is 0.256 e. The normalized spacial score (nSPS) is 20.1. The third kappa shape index (κ3) is 1.03. The lowest BCUT2D eigenvalue weighted by molar-refractivity contribution is -0.183. The van der Waals surface area contributed by atoms with E-state index in [0.717, 1.165) is 0 Å². The van der Waals surface area contributed by atoms with Crippen LogP contribution < -0.4 is 10.8 Å². The second-order valence-electron chi connectivity index (χ2n) is 2.10. The second-order valence-corrected chi connectivity index (χ2v) is 2.10. The summed E-state index contributed by atoms with van der Waals surface area (Å²) in [5.41, 5.74) is 0.204. The Balaban J connectivity index is 2.53. The van der Waals surface area contributed by atoms with E-state index in [1.165, 1.54) is 12.5 Å². The summed E-state index contributed by atoms with van der Waals surface area (Å²) in [7, 11) is 0. The van der Waals surface area contributed by atoms with Crippen molar-refractivity contribution in [1.82, 2.24) is 15.3 Å². The van der Waals surface area contributed by atoms with E-state index < -0.39 is 11.6 Å². The van der Waals surface area contributed by atoms with Gasteiger partial charge in [0.05, 0.1) is 11.5 Å². The summed E-state index contributed by atoms with van der Waals surface area (Å²) in [6.07, 6.45) is 1.12. The van der Waals surface area contributed by atoms with Crippen LogP contribution in [0, 0.1) is 0 Å². The number of fused-ring (bicyclic) bond motifs is 1. The van der Waals surface area contributed by atoms with Crippen molar-refractivity contribution in [2.75, 3.05) is 0 Å². The molecular formula is C5H3F2N5. The Labute approximate surface area is 65.0 Å². The molecular weight excluding hydrogens is 168 g/mol. The fraction of sp³-hybridized carbons (Fsp3) is 0.200. The summed E-state index contributed by atoms with van der Waals surface area (Å²) in [4.78, 5) is 14.3. The first-order valence-corrected chi connectivity index (χ1v) is 3.10. The molecule has 1 atom stereocenters. The molecule has 0 saturated heterocycles. The van der Waals surface area contributed by atoms with Crippen LogP contribution in [0.15, 0.2) is 22.5 Å². The van der Waals surface area contributed by atoms with E-state index in [1.54, 1.807) is 0 Å². The van der Waals surface area contributed by atoms with Gasteiger partial charge in [-0.05, 0) is 0 Å². The Hall–Kier alpha value is -1.50. The number of rotatable bonds is 1. The molecule has 1 unspecified atom stereocenters. The summed E-state index contributed by atoms with van der Waals surface area (Å²) >= 11 is 0. The van der Waals surface area contributed by atoms with Gasteiger partial charge in [0.25, 0.3) is 6.29 Å². The van der Waals surface area contributed by atoms with Gasteiger partial charge in [0.2, 0.25) is 0 Å². The van der Waals surface area contributed by atoms with Crippen molar-refractivity contribution < 1.29 is 8.96 Å². The zero-order valence-corrected chi connectivity index (χ0v) is 5.72. The van der Waals surface area contributed by atoms with Gasteiger partial charge in [-0.1, -0.05) is 8.96 Å². The maximum absolute atomic E-state index is 11.9. The highest BCUT2D eigenvalue weighted by Gasteiger charge is 2.18. The standard InChI is InChI=1S/C5H3F2N5/c6-12(7)5-10-3-1-8-2-9-4(3)11-5/h1-2,5H. The summed E-state index contributed by atoms with van der Waals surface area (Å²) in [5.74, 6) is 0. The van der Waals surface area contributed by atoms with Gasteiger partial charge in [0.1, 0.15) is 11.7 Å². The van der Waals surface area contributed by atoms with Crippen molar-refractivity contribution in [1.29, 1.82) is 0 Å². The van der Waals surface area contributed by atoms with Crippen LogP contribution in [0.2, 0.25) is 0 Å². The van der Waals surface area contributed by atoms with E-state index in [4.69, 9.17) is 0 Å². The molecule has 0 aliphatic carbocycles. The molecule has 2 heterocycles. The lowest BCUT2D eigenvalue weighted by atomic mass is 10.6. The van der Waals surface area contributed by atoms with Crippen molar-refractivity contribution in [2.45, 2.75) is 6.29 Å². The number of aromatic nitrogens is 2. The number of nitrogens with zero attached hydrogens (tertiary/aromatic N) is 5. The highest BCUT2D eigenvalue weighted by Crippen LogP contribution is 2.03. The first-order valence-electron chi connectivity index (χ1n) is 3.10. The molecule has 62 valence electrons. The minimum absolute atomic E-state index is 0.204. The molecule has 1 aromatic heterocycles. The average Bonchev–Trinajstić information content (AvgIpc) is 2.46. The summed E-state index contributed by atoms with van der Waals surface area (Å²) in [5, 5.41) is -0.787. The highest BCUT2D eigenvalue weighted by molar-refractivity contribution is 4.85. The van der Waals surface area contributed by atoms with Crippen molar-refractivity contribution in [3.8, 4) is 0 Å². The maximum atomic E-state index is 11.9. The van der Waals surface area contributed by atoms with Crippen LogP contribution in [0.3, 0.4) is 0 Å². The Morgan fingerprint density at radius 2 is 2.17 bits per heavy atom. The molecule has 5 nitrogen and oxygen atoms in total. The molecule has 0 fully saturated rings. The summed E-state index contributed by atoms with van der Waals surface area (Å²) in [6.45, 7) is 0. The van der Waals surface area contributed by atoms with E-state index in [9.17, 15) is 8.96 Å². The van der Waals surface area contributed by atoms with E-state index in [0.29, 0.717) is 5.36 Å². The number of hydrogen-bond acceptors (Lipinski definition) is 5. The minimum atomic E-state index is -1.46. The Bertz CT molecular complexity index is 368. The smallest absolute Gasteiger partial charge is 0.242 e. The largest absolute Gasteiger partial charge is 0.256 e. The molecule has 7 heteroatoms. The van der Waals surface area contributed by atoms with Crippen LogP contribution >= 0.6 is 0 Å². The molecule has 0 aromatic carbocycles. The fourth-order valence-corrected chi connectivity index (χ4v) is 0.856. The Morgan fingerprint density at radius 3 is 2.83 bits per heavy atom. The third-order valence-corrected chi connectivity index (χ3v) is 1.34. The molecule has 0 saturated carbocycles. The van der Waals surface area contributed by atoms with Gasteiger partial charge in [-0.25, -0.2) is 20.0 Å². The lowest BCUT2D eigenvalue weighted by Crippen LogP contribution is -2.25. The third-order valence-electron chi connectivity index (χ3n) is 1.34. The van der Waals surface area contributed by atoms with Crippen LogP contribution in [0.1, 0.15) is 0 Å². The van der Waals surface area contributed by atoms with Crippen LogP contribution in [0.5, 0.6) is 0 Å². The van der Waals surface area contributed by atoms with Gasteiger partial charge in [-0.2, -0.15) is 0 Å². The van der Waals surface area contributed by atoms with Gasteiger partial charge in [0.15, 0.2) is 5.49 Å². The zero-order chi connectivity index (χ0) is 8.55. The number of hydrogen-bond donors (Lipinski definition) is 0. The van der Waals surface area contributed by atoms with Gasteiger partial charge in [0, 0.05) is 0 Å². The van der Waals surface area contributed by atoms with Crippen molar-refractivity contribution in [2.24, 2.45) is 9.98 Å². The molecule has 0 N–H and O–H groups in total. The minimum Gasteiger partial charge on any atom is -0.242 e. The van der Waals surface area contributed by atoms with E-state index >= 15 is 0 Å². The zero-order valence-electron chi connectivity index (χ0n) is 5.72. The van der Waals surface area contributed by atoms with Crippen LogP contribution in [0.4, 0.5) is 8.96 Å². The quantitative estimate of drug-likeness (QED) is 0.513. The van der Waals surface area contributed by atoms with E-state index in [2.05, 4.69) is 20.0 Å². The summed E-state index contributed by atoms with van der Waals surface area (Å²) < 4.78 is 23.8. The fourth-order valence-electron chi connectivity index (χ4n) is 0.856. The molecule has 1 aliphatic rings. The van der Waals surface area contributed by atoms with E-state index in [-0.39, 0.29) is 5.49 Å². The van der Waals surface area contributed by atoms with Crippen LogP contribution in [-0.2, 0) is 0 Å². The number of halogens is 2. The van der Waals surface area contributed by atoms with Crippen LogP contribution in [-0.4, -0.2) is 21.6 Å². The predicted octanol–water partition coefficient (Wildman–Crippen LogP) is -0.916. The first kappa shape index (κ1) is 7.17. The molecule has 2 rings (SSSR count). The lowest BCUT2D eigenvalue weighted by Gasteiger charge is -2.00. The van der Waals surface area contributed by atoms with Crippen molar-refractivity contribution in [3.63, 3.8) is 0 Å². The molecule has 0 amide bonds. The van der Waals surface area contributed by atoms with Gasteiger partial charge >= 0.3 is 0 Å². The summed E-state index contributed by atoms with van der Waals surface area (Å²) in [6, 6.07) is 0. The monoisotopic (exact) mass is 171 g/mol. The highest BCUT2D eigenvalue weighted by atomic mass is 19.4. The first-order chi connectivity index (χ1) is 5.77. The second kappa shape index (κ2) is 2.52. The van der Waals surface area contributed by atoms with Gasteiger partial charge < -0.3 is 0 Å². The molecule has 1 aliphatic heterocycles. The Morgan fingerprint density at radius 1 is 1.33 bits per heavy atom. The molecule has 0 radical (unpaired) electrons. The van der Waals surface area contributed by atoms with Gasteiger partial charge in [-0.15, -0.1) is 0 Å². The average molecular weight is 171 g/mol. The van der Waals surface area contributed by atoms with Crippen LogP contribution in [0.25, 0.3) is 0 Å². The SMILES string of the molecule is FN(F)C1N=c2cncnc2=N1. The Kier molecular flexibility index (Phi) is 1.51. The topological polar surface area (TPSA) is 53.7 Å². The molecule has 12 heavy (non-hydrogen) atoms. The van der Waals surface area contributed by atoms with Crippen molar-refractivity contribution >= 4 is 0 Å². The van der Waals surface area contributed by atoms with Crippen molar-refractivity contribution in [3.05, 3.63) is 23.4 Å². The predicted molar refractivity (Wildman–Crippen MR) is 32.2 cm³/mol. The molecule has 0 bridgehead atoms. The van der Waals surface area contributed by atoms with E-state index in [1.807, 2.05) is 0 Å². The molecule has 0 spiro atoms.